The fourth-order valence-electron chi connectivity index (χ4n) is 1.73. The number of methoxy groups -OCH3 is 1. The third kappa shape index (κ3) is 4.35. The van der Waals surface area contributed by atoms with Crippen molar-refractivity contribution in [3.63, 3.8) is 0 Å². The van der Waals surface area contributed by atoms with E-state index in [1.807, 2.05) is 12.3 Å². The van der Waals surface area contributed by atoms with E-state index in [2.05, 4.69) is 0 Å². The number of hydrogen-bond acceptors (Lipinski definition) is 3. The number of hydrogen-bond donors (Lipinski definition) is 0. The minimum absolute atomic E-state index is 0.0990. The molecular formula is C13H14F3NOS. The summed E-state index contributed by atoms with van der Waals surface area (Å²) in [7, 11) is 1.43. The van der Waals surface area contributed by atoms with Gasteiger partial charge in [0.2, 0.25) is 0 Å². The summed E-state index contributed by atoms with van der Waals surface area (Å²) in [5, 5.41) is 10.4. The van der Waals surface area contributed by atoms with E-state index in [1.165, 1.54) is 13.2 Å². The van der Waals surface area contributed by atoms with Crippen LogP contribution in [0.1, 0.15) is 30.4 Å². The van der Waals surface area contributed by atoms with Crippen LogP contribution in [-0.4, -0.2) is 12.9 Å². The van der Waals surface area contributed by atoms with Crippen molar-refractivity contribution < 1.29 is 17.9 Å². The van der Waals surface area contributed by atoms with Crippen LogP contribution in [0, 0.1) is 10.7 Å². The third-order valence-corrected chi connectivity index (χ3v) is 3.37. The highest BCUT2D eigenvalue weighted by molar-refractivity contribution is 8.03. The lowest BCUT2D eigenvalue weighted by molar-refractivity contribution is -0.137. The molecule has 0 saturated heterocycles. The van der Waals surface area contributed by atoms with E-state index in [9.17, 15) is 13.2 Å². The zero-order chi connectivity index (χ0) is 14.5. The molecule has 1 rings (SSSR count). The Morgan fingerprint density at radius 2 is 2.11 bits per heavy atom. The van der Waals surface area contributed by atoms with Gasteiger partial charge in [0.1, 0.15) is 11.2 Å². The number of halogens is 3. The average Bonchev–Trinajstić information content (AvgIpc) is 2.37. The van der Waals surface area contributed by atoms with Gasteiger partial charge in [-0.25, -0.2) is 0 Å². The molecule has 0 amide bonds. The normalized spacial score (nSPS) is 12.8. The van der Waals surface area contributed by atoms with Gasteiger partial charge in [-0.1, -0.05) is 6.92 Å². The summed E-state index contributed by atoms with van der Waals surface area (Å²) in [6, 6.07) is 3.48. The molecule has 6 heteroatoms. The van der Waals surface area contributed by atoms with E-state index in [0.29, 0.717) is 23.5 Å². The Hall–Kier alpha value is -1.35. The van der Waals surface area contributed by atoms with Crippen LogP contribution in [-0.2, 0) is 6.18 Å². The summed E-state index contributed by atoms with van der Waals surface area (Å²) < 4.78 is 43.2. The zero-order valence-corrected chi connectivity index (χ0v) is 11.4. The van der Waals surface area contributed by atoms with Gasteiger partial charge in [-0.3, -0.25) is 0 Å². The lowest BCUT2D eigenvalue weighted by atomic mass is 9.95. The van der Waals surface area contributed by atoms with Crippen LogP contribution >= 0.6 is 11.8 Å². The minimum atomic E-state index is -4.36. The number of alkyl halides is 3. The Balaban J connectivity index is 2.99. The molecule has 0 spiro atoms. The van der Waals surface area contributed by atoms with Gasteiger partial charge in [-0.05, 0) is 47.9 Å². The van der Waals surface area contributed by atoms with Crippen LogP contribution in [0.25, 0.3) is 0 Å². The molecule has 0 aliphatic heterocycles. The third-order valence-electron chi connectivity index (χ3n) is 2.81. The molecule has 0 aromatic heterocycles. The highest BCUT2D eigenvalue weighted by Crippen LogP contribution is 2.36. The van der Waals surface area contributed by atoms with Crippen LogP contribution in [0.15, 0.2) is 18.2 Å². The van der Waals surface area contributed by atoms with E-state index < -0.39 is 11.7 Å². The first-order valence-electron chi connectivity index (χ1n) is 5.66. The fourth-order valence-corrected chi connectivity index (χ4v) is 2.30. The average molecular weight is 289 g/mol. The second-order valence-corrected chi connectivity index (χ2v) is 4.96. The molecule has 0 heterocycles. The van der Waals surface area contributed by atoms with E-state index in [4.69, 9.17) is 10.00 Å². The molecule has 104 valence electrons. The van der Waals surface area contributed by atoms with Gasteiger partial charge in [-0.2, -0.15) is 18.4 Å². The zero-order valence-electron chi connectivity index (χ0n) is 10.6. The number of rotatable bonds is 5. The van der Waals surface area contributed by atoms with Gasteiger partial charge in [0.25, 0.3) is 0 Å². The maximum absolute atomic E-state index is 12.7. The van der Waals surface area contributed by atoms with Crippen LogP contribution in [0.2, 0.25) is 0 Å². The maximum atomic E-state index is 12.7. The van der Waals surface area contributed by atoms with Crippen molar-refractivity contribution in [3.8, 4) is 11.2 Å². The SMILES string of the molecule is COc1ccc(C(F)(F)F)cc1C(C)CCSC#N. The number of nitriles is 1. The lowest BCUT2D eigenvalue weighted by Crippen LogP contribution is -2.07. The summed E-state index contributed by atoms with van der Waals surface area (Å²) in [6.07, 6.45) is -3.74. The Morgan fingerprint density at radius 1 is 1.42 bits per heavy atom. The Bertz CT molecular complexity index is 468. The Morgan fingerprint density at radius 3 is 2.63 bits per heavy atom. The van der Waals surface area contributed by atoms with Crippen molar-refractivity contribution in [2.75, 3.05) is 12.9 Å². The quantitative estimate of drug-likeness (QED) is 0.594. The maximum Gasteiger partial charge on any atom is 0.416 e. The first-order valence-corrected chi connectivity index (χ1v) is 6.64. The second-order valence-electron chi connectivity index (χ2n) is 4.08. The number of benzene rings is 1. The molecular weight excluding hydrogens is 275 g/mol. The molecule has 0 aliphatic carbocycles. The standard InChI is InChI=1S/C13H14F3NOS/c1-9(5-6-19-8-17)11-7-10(13(14,15)16)3-4-12(11)18-2/h3-4,7,9H,5-6H2,1-2H3. The van der Waals surface area contributed by atoms with Crippen LogP contribution < -0.4 is 4.74 Å². The molecule has 1 aromatic rings. The molecule has 0 aliphatic rings. The highest BCUT2D eigenvalue weighted by atomic mass is 32.2. The number of ether oxygens (including phenoxy) is 1. The number of nitrogens with zero attached hydrogens (tertiary/aromatic N) is 1. The van der Waals surface area contributed by atoms with Crippen molar-refractivity contribution in [3.05, 3.63) is 29.3 Å². The first kappa shape index (κ1) is 15.7. The predicted molar refractivity (Wildman–Crippen MR) is 69.1 cm³/mol. The van der Waals surface area contributed by atoms with Crippen molar-refractivity contribution in [1.29, 1.82) is 5.26 Å². The highest BCUT2D eigenvalue weighted by Gasteiger charge is 2.31. The predicted octanol–water partition coefficient (Wildman–Crippen LogP) is 4.42. The Kier molecular flexibility index (Phi) is 5.55. The van der Waals surface area contributed by atoms with E-state index in [1.54, 1.807) is 0 Å². The van der Waals surface area contributed by atoms with Crippen molar-refractivity contribution in [2.24, 2.45) is 0 Å². The summed E-state index contributed by atoms with van der Waals surface area (Å²) in [5.41, 5.74) is -0.154. The Labute approximate surface area is 114 Å². The molecule has 1 atom stereocenters. The lowest BCUT2D eigenvalue weighted by Gasteiger charge is -2.17. The molecule has 0 fully saturated rings. The first-order chi connectivity index (χ1) is 8.90. The van der Waals surface area contributed by atoms with E-state index in [0.717, 1.165) is 23.9 Å². The monoisotopic (exact) mass is 289 g/mol. The summed E-state index contributed by atoms with van der Waals surface area (Å²) in [6.45, 7) is 1.83. The molecule has 1 unspecified atom stereocenters. The minimum Gasteiger partial charge on any atom is -0.496 e. The molecule has 0 saturated carbocycles. The molecule has 2 nitrogen and oxygen atoms in total. The van der Waals surface area contributed by atoms with Crippen LogP contribution in [0.3, 0.4) is 0 Å². The fraction of sp³-hybridized carbons (Fsp3) is 0.462. The van der Waals surface area contributed by atoms with Gasteiger partial charge in [0.05, 0.1) is 12.7 Å². The van der Waals surface area contributed by atoms with Gasteiger partial charge < -0.3 is 4.74 Å². The summed E-state index contributed by atoms with van der Waals surface area (Å²) >= 11 is 1.10. The molecule has 19 heavy (non-hydrogen) atoms. The van der Waals surface area contributed by atoms with Crippen molar-refractivity contribution in [2.45, 2.75) is 25.4 Å². The van der Waals surface area contributed by atoms with Gasteiger partial charge in [0, 0.05) is 5.75 Å². The molecule has 0 N–H and O–H groups in total. The molecule has 1 aromatic carbocycles. The van der Waals surface area contributed by atoms with Gasteiger partial charge >= 0.3 is 6.18 Å². The summed E-state index contributed by atoms with van der Waals surface area (Å²) in [5.74, 6) is 0.928. The van der Waals surface area contributed by atoms with Crippen LogP contribution in [0.4, 0.5) is 13.2 Å². The topological polar surface area (TPSA) is 33.0 Å². The van der Waals surface area contributed by atoms with Gasteiger partial charge in [0.15, 0.2) is 0 Å². The van der Waals surface area contributed by atoms with Crippen LogP contribution in [0.5, 0.6) is 5.75 Å². The van der Waals surface area contributed by atoms with Crippen molar-refractivity contribution >= 4 is 11.8 Å². The number of thioether (sulfide) groups is 1. The number of thiocyanates is 1. The van der Waals surface area contributed by atoms with E-state index >= 15 is 0 Å². The van der Waals surface area contributed by atoms with E-state index in [-0.39, 0.29) is 5.92 Å². The summed E-state index contributed by atoms with van der Waals surface area (Å²) in [4.78, 5) is 0. The smallest absolute Gasteiger partial charge is 0.416 e. The largest absolute Gasteiger partial charge is 0.496 e. The molecule has 0 radical (unpaired) electrons. The second kappa shape index (κ2) is 6.71. The van der Waals surface area contributed by atoms with Gasteiger partial charge in [-0.15, -0.1) is 0 Å². The molecule has 0 bridgehead atoms. The van der Waals surface area contributed by atoms with Crippen molar-refractivity contribution in [1.82, 2.24) is 0 Å².